The Labute approximate surface area is 103 Å². The van der Waals surface area contributed by atoms with Crippen molar-refractivity contribution in [2.24, 2.45) is 5.73 Å². The Morgan fingerprint density at radius 2 is 1.94 bits per heavy atom. The van der Waals surface area contributed by atoms with Gasteiger partial charge in [-0.05, 0) is 5.56 Å². The molecule has 0 radical (unpaired) electrons. The Balaban J connectivity index is 2.24. The van der Waals surface area contributed by atoms with Crippen LogP contribution in [0.4, 0.5) is 0 Å². The van der Waals surface area contributed by atoms with E-state index in [1.54, 1.807) is 0 Å². The fourth-order valence-corrected chi connectivity index (χ4v) is 1.44. The van der Waals surface area contributed by atoms with Crippen molar-refractivity contribution in [3.63, 3.8) is 0 Å². The third-order valence-corrected chi connectivity index (χ3v) is 2.29. The highest BCUT2D eigenvalue weighted by Gasteiger charge is 2.15. The van der Waals surface area contributed by atoms with Crippen LogP contribution in [0.15, 0.2) is 51.9 Å². The molecular weight excluding hydrogens is 234 g/mol. The second kappa shape index (κ2) is 5.18. The van der Waals surface area contributed by atoms with Crippen molar-refractivity contribution in [3.05, 3.63) is 64.2 Å². The maximum atomic E-state index is 11.6. The average Bonchev–Trinajstić information content (AvgIpc) is 2.38. The molecule has 2 rings (SSSR count). The van der Waals surface area contributed by atoms with Crippen LogP contribution in [0.25, 0.3) is 0 Å². The number of hydrogen-bond donors (Lipinski definition) is 1. The summed E-state index contributed by atoms with van der Waals surface area (Å²) >= 11 is 0. The number of carbonyl (C=O) groups is 1. The van der Waals surface area contributed by atoms with Crippen LogP contribution in [0, 0.1) is 0 Å². The van der Waals surface area contributed by atoms with E-state index < -0.39 is 11.3 Å². The highest BCUT2D eigenvalue weighted by molar-refractivity contribution is 5.92. The second-order valence-electron chi connectivity index (χ2n) is 3.58. The SMILES string of the molecule is NC(=O)c1occc(=O)c1OCc1ccccc1. The topological polar surface area (TPSA) is 82.5 Å². The predicted octanol–water partition coefficient (Wildman–Crippen LogP) is 1.32. The fourth-order valence-electron chi connectivity index (χ4n) is 1.44. The van der Waals surface area contributed by atoms with Gasteiger partial charge in [0.15, 0.2) is 0 Å². The summed E-state index contributed by atoms with van der Waals surface area (Å²) in [6, 6.07) is 10.4. The summed E-state index contributed by atoms with van der Waals surface area (Å²) in [4.78, 5) is 22.7. The van der Waals surface area contributed by atoms with Crippen molar-refractivity contribution in [2.75, 3.05) is 0 Å². The predicted molar refractivity (Wildman–Crippen MR) is 64.3 cm³/mol. The van der Waals surface area contributed by atoms with Crippen molar-refractivity contribution >= 4 is 5.91 Å². The summed E-state index contributed by atoms with van der Waals surface area (Å²) in [6.45, 7) is 0.163. The molecule has 1 aromatic heterocycles. The van der Waals surface area contributed by atoms with Crippen LogP contribution < -0.4 is 15.9 Å². The minimum absolute atomic E-state index is 0.158. The van der Waals surface area contributed by atoms with Gasteiger partial charge in [-0.25, -0.2) is 0 Å². The molecular formula is C13H11NO4. The standard InChI is InChI=1S/C13H11NO4/c14-13(16)12-11(10(15)6-7-17-12)18-8-9-4-2-1-3-5-9/h1-7H,8H2,(H2,14,16). The zero-order chi connectivity index (χ0) is 13.0. The van der Waals surface area contributed by atoms with Gasteiger partial charge in [0.2, 0.25) is 16.9 Å². The average molecular weight is 245 g/mol. The van der Waals surface area contributed by atoms with Crippen LogP contribution in [-0.4, -0.2) is 5.91 Å². The van der Waals surface area contributed by atoms with Crippen LogP contribution in [0.5, 0.6) is 5.75 Å². The number of nitrogens with two attached hydrogens (primary N) is 1. The number of benzene rings is 1. The number of carbonyl (C=O) groups excluding carboxylic acids is 1. The Morgan fingerprint density at radius 1 is 1.22 bits per heavy atom. The molecule has 0 aliphatic heterocycles. The van der Waals surface area contributed by atoms with Gasteiger partial charge in [-0.15, -0.1) is 0 Å². The summed E-state index contributed by atoms with van der Waals surface area (Å²) < 4.78 is 10.2. The lowest BCUT2D eigenvalue weighted by Crippen LogP contribution is -2.18. The zero-order valence-electron chi connectivity index (χ0n) is 9.46. The smallest absolute Gasteiger partial charge is 0.288 e. The van der Waals surface area contributed by atoms with Crippen LogP contribution in [0.1, 0.15) is 16.1 Å². The number of primary amides is 1. The van der Waals surface area contributed by atoms with Gasteiger partial charge in [-0.3, -0.25) is 9.59 Å². The van der Waals surface area contributed by atoms with Gasteiger partial charge in [0, 0.05) is 6.07 Å². The number of ether oxygens (including phenoxy) is 1. The maximum Gasteiger partial charge on any atom is 0.288 e. The van der Waals surface area contributed by atoms with E-state index in [0.717, 1.165) is 11.8 Å². The van der Waals surface area contributed by atoms with E-state index in [1.165, 1.54) is 6.07 Å². The van der Waals surface area contributed by atoms with Crippen molar-refractivity contribution in [2.45, 2.75) is 6.61 Å². The van der Waals surface area contributed by atoms with Gasteiger partial charge in [-0.2, -0.15) is 0 Å². The molecule has 0 aliphatic rings. The molecule has 0 atom stereocenters. The Morgan fingerprint density at radius 3 is 2.61 bits per heavy atom. The van der Waals surface area contributed by atoms with Crippen LogP contribution >= 0.6 is 0 Å². The lowest BCUT2D eigenvalue weighted by Gasteiger charge is -2.07. The van der Waals surface area contributed by atoms with Crippen molar-refractivity contribution in [1.82, 2.24) is 0 Å². The van der Waals surface area contributed by atoms with Gasteiger partial charge in [0.05, 0.1) is 6.26 Å². The van der Waals surface area contributed by atoms with E-state index in [4.69, 9.17) is 14.9 Å². The first-order valence-electron chi connectivity index (χ1n) is 5.27. The second-order valence-corrected chi connectivity index (χ2v) is 3.58. The molecule has 0 saturated carbocycles. The first kappa shape index (κ1) is 11.9. The lowest BCUT2D eigenvalue weighted by atomic mass is 10.2. The van der Waals surface area contributed by atoms with Crippen molar-refractivity contribution in [3.8, 4) is 5.75 Å². The molecule has 2 aromatic rings. The van der Waals surface area contributed by atoms with Gasteiger partial charge in [-0.1, -0.05) is 30.3 Å². The molecule has 2 N–H and O–H groups in total. The van der Waals surface area contributed by atoms with Crippen LogP contribution in [0.2, 0.25) is 0 Å². The zero-order valence-corrected chi connectivity index (χ0v) is 9.46. The van der Waals surface area contributed by atoms with E-state index >= 15 is 0 Å². The first-order chi connectivity index (χ1) is 8.68. The molecule has 0 bridgehead atoms. The summed E-state index contributed by atoms with van der Waals surface area (Å²) in [5.41, 5.74) is 5.53. The van der Waals surface area contributed by atoms with Crippen LogP contribution in [0.3, 0.4) is 0 Å². The van der Waals surface area contributed by atoms with Crippen LogP contribution in [-0.2, 0) is 6.61 Å². The first-order valence-corrected chi connectivity index (χ1v) is 5.27. The molecule has 0 spiro atoms. The fraction of sp³-hybridized carbons (Fsp3) is 0.0769. The summed E-state index contributed by atoms with van der Waals surface area (Å²) in [7, 11) is 0. The van der Waals surface area contributed by atoms with Crippen molar-refractivity contribution in [1.29, 1.82) is 0 Å². The Kier molecular flexibility index (Phi) is 3.43. The highest BCUT2D eigenvalue weighted by atomic mass is 16.5. The maximum absolute atomic E-state index is 11.6. The molecule has 0 unspecified atom stereocenters. The molecule has 18 heavy (non-hydrogen) atoms. The molecule has 5 nitrogen and oxygen atoms in total. The molecule has 92 valence electrons. The van der Waals surface area contributed by atoms with Gasteiger partial charge < -0.3 is 14.9 Å². The third kappa shape index (κ3) is 2.57. The summed E-state index contributed by atoms with van der Waals surface area (Å²) in [5, 5.41) is 0. The molecule has 1 aromatic carbocycles. The van der Waals surface area contributed by atoms with E-state index in [9.17, 15) is 9.59 Å². The monoisotopic (exact) mass is 245 g/mol. The highest BCUT2D eigenvalue weighted by Crippen LogP contribution is 2.13. The minimum atomic E-state index is -0.837. The molecule has 0 saturated heterocycles. The van der Waals surface area contributed by atoms with E-state index in [0.29, 0.717) is 0 Å². The molecule has 1 amide bonds. The lowest BCUT2D eigenvalue weighted by molar-refractivity contribution is 0.0963. The quantitative estimate of drug-likeness (QED) is 0.880. The summed E-state index contributed by atoms with van der Waals surface area (Å²) in [5.74, 6) is -1.26. The molecule has 1 heterocycles. The summed E-state index contributed by atoms with van der Waals surface area (Å²) in [6.07, 6.45) is 1.11. The largest absolute Gasteiger partial charge is 0.481 e. The van der Waals surface area contributed by atoms with E-state index in [2.05, 4.69) is 0 Å². The Bertz CT molecular complexity index is 604. The molecule has 0 fully saturated rings. The number of rotatable bonds is 4. The van der Waals surface area contributed by atoms with Gasteiger partial charge >= 0.3 is 0 Å². The molecule has 0 aliphatic carbocycles. The van der Waals surface area contributed by atoms with Gasteiger partial charge in [0.25, 0.3) is 5.91 Å². The van der Waals surface area contributed by atoms with E-state index in [-0.39, 0.29) is 18.1 Å². The number of amides is 1. The van der Waals surface area contributed by atoms with Gasteiger partial charge in [0.1, 0.15) is 6.61 Å². The normalized spacial score (nSPS) is 10.0. The van der Waals surface area contributed by atoms with Crippen molar-refractivity contribution < 1.29 is 13.9 Å². The third-order valence-electron chi connectivity index (χ3n) is 2.29. The van der Waals surface area contributed by atoms with E-state index in [1.807, 2.05) is 30.3 Å². The number of hydrogen-bond acceptors (Lipinski definition) is 4. The minimum Gasteiger partial charge on any atom is -0.481 e. The molecule has 5 heteroatoms. The Hall–Kier alpha value is -2.56.